The average Bonchev–Trinajstić information content (AvgIpc) is 2.36. The van der Waals surface area contributed by atoms with Crippen LogP contribution in [0.2, 0.25) is 5.02 Å². The summed E-state index contributed by atoms with van der Waals surface area (Å²) in [6.07, 6.45) is 0. The van der Waals surface area contributed by atoms with Crippen LogP contribution < -0.4 is 5.32 Å². The maximum atomic E-state index is 12.1. The van der Waals surface area contributed by atoms with E-state index in [0.717, 1.165) is 20.4 Å². The van der Waals surface area contributed by atoms with Crippen LogP contribution in [0.1, 0.15) is 21.5 Å². The van der Waals surface area contributed by atoms with Crippen LogP contribution in [0.4, 0.5) is 5.69 Å². The van der Waals surface area contributed by atoms with Crippen LogP contribution in [0.25, 0.3) is 0 Å². The van der Waals surface area contributed by atoms with Crippen molar-refractivity contribution in [1.82, 2.24) is 0 Å². The largest absolute Gasteiger partial charge is 0.322 e. The minimum Gasteiger partial charge on any atom is -0.322 e. The van der Waals surface area contributed by atoms with Crippen molar-refractivity contribution >= 4 is 45.8 Å². The fraction of sp³-hybridized carbons (Fsp3) is 0.133. The molecule has 0 saturated heterocycles. The van der Waals surface area contributed by atoms with Crippen LogP contribution >= 0.6 is 34.2 Å². The second-order valence-corrected chi connectivity index (χ2v) is 6.03. The van der Waals surface area contributed by atoms with E-state index in [1.54, 1.807) is 12.1 Å². The predicted molar refractivity (Wildman–Crippen MR) is 88.0 cm³/mol. The summed E-state index contributed by atoms with van der Waals surface area (Å²) in [5.41, 5.74) is 3.39. The number of carbonyl (C=O) groups is 1. The van der Waals surface area contributed by atoms with E-state index in [0.29, 0.717) is 10.6 Å². The lowest BCUT2D eigenvalue weighted by Gasteiger charge is -2.09. The molecule has 4 heteroatoms. The standard InChI is InChI=1S/C15H13ClINO/c1-9-3-4-11(8-13(9)16)15(19)18-14-6-5-12(17)7-10(14)2/h3-8H,1-2H3,(H,18,19). The van der Waals surface area contributed by atoms with Crippen LogP contribution in [0.5, 0.6) is 0 Å². The number of aryl methyl sites for hydroxylation is 2. The summed E-state index contributed by atoms with van der Waals surface area (Å²) in [7, 11) is 0. The maximum absolute atomic E-state index is 12.1. The van der Waals surface area contributed by atoms with E-state index >= 15 is 0 Å². The summed E-state index contributed by atoms with van der Waals surface area (Å²) in [4.78, 5) is 12.1. The van der Waals surface area contributed by atoms with Gasteiger partial charge in [-0.1, -0.05) is 17.7 Å². The van der Waals surface area contributed by atoms with Crippen molar-refractivity contribution in [2.75, 3.05) is 5.32 Å². The third kappa shape index (κ3) is 3.48. The molecule has 0 heterocycles. The highest BCUT2D eigenvalue weighted by atomic mass is 127. The van der Waals surface area contributed by atoms with Crippen molar-refractivity contribution in [2.45, 2.75) is 13.8 Å². The van der Waals surface area contributed by atoms with E-state index in [9.17, 15) is 4.79 Å². The molecule has 0 bridgehead atoms. The van der Waals surface area contributed by atoms with Gasteiger partial charge in [0.2, 0.25) is 0 Å². The average molecular weight is 386 g/mol. The van der Waals surface area contributed by atoms with E-state index in [1.165, 1.54) is 0 Å². The first-order valence-corrected chi connectivity index (χ1v) is 7.26. The molecule has 0 aromatic heterocycles. The van der Waals surface area contributed by atoms with Gasteiger partial charge in [-0.15, -0.1) is 0 Å². The topological polar surface area (TPSA) is 29.1 Å². The first kappa shape index (κ1) is 14.3. The second kappa shape index (κ2) is 5.92. The van der Waals surface area contributed by atoms with Gasteiger partial charge in [0.15, 0.2) is 0 Å². The third-order valence-electron chi connectivity index (χ3n) is 2.87. The molecule has 2 aromatic rings. The first-order chi connectivity index (χ1) is 8.97. The van der Waals surface area contributed by atoms with Gasteiger partial charge in [-0.25, -0.2) is 0 Å². The number of hydrogen-bond donors (Lipinski definition) is 1. The quantitative estimate of drug-likeness (QED) is 0.738. The molecule has 0 saturated carbocycles. The molecule has 98 valence electrons. The molecular weight excluding hydrogens is 373 g/mol. The lowest BCUT2D eigenvalue weighted by atomic mass is 10.1. The van der Waals surface area contributed by atoms with Crippen molar-refractivity contribution in [3.8, 4) is 0 Å². The fourth-order valence-corrected chi connectivity index (χ4v) is 2.52. The molecule has 2 rings (SSSR count). The van der Waals surface area contributed by atoms with E-state index in [1.807, 2.05) is 38.1 Å². The minimum atomic E-state index is -0.147. The highest BCUT2D eigenvalue weighted by molar-refractivity contribution is 14.1. The second-order valence-electron chi connectivity index (χ2n) is 4.38. The van der Waals surface area contributed by atoms with Crippen molar-refractivity contribution < 1.29 is 4.79 Å². The maximum Gasteiger partial charge on any atom is 0.255 e. The number of hydrogen-bond acceptors (Lipinski definition) is 1. The molecule has 2 nitrogen and oxygen atoms in total. The number of carbonyl (C=O) groups excluding carboxylic acids is 1. The molecule has 0 radical (unpaired) electrons. The molecule has 0 aliphatic carbocycles. The van der Waals surface area contributed by atoms with Gasteiger partial charge in [-0.05, 0) is 77.9 Å². The highest BCUT2D eigenvalue weighted by Gasteiger charge is 2.09. The van der Waals surface area contributed by atoms with E-state index in [-0.39, 0.29) is 5.91 Å². The zero-order valence-corrected chi connectivity index (χ0v) is 13.5. The Morgan fingerprint density at radius 1 is 1.11 bits per heavy atom. The summed E-state index contributed by atoms with van der Waals surface area (Å²) in [6.45, 7) is 3.88. The van der Waals surface area contributed by atoms with Gasteiger partial charge < -0.3 is 5.32 Å². The number of amides is 1. The Morgan fingerprint density at radius 2 is 1.84 bits per heavy atom. The molecule has 1 N–H and O–H groups in total. The number of rotatable bonds is 2. The van der Waals surface area contributed by atoms with Crippen molar-refractivity contribution in [2.24, 2.45) is 0 Å². The molecular formula is C15H13ClINO. The predicted octanol–water partition coefficient (Wildman–Crippen LogP) is 4.81. The lowest BCUT2D eigenvalue weighted by Crippen LogP contribution is -2.12. The molecule has 0 unspecified atom stereocenters. The zero-order chi connectivity index (χ0) is 14.0. The monoisotopic (exact) mass is 385 g/mol. The third-order valence-corrected chi connectivity index (χ3v) is 3.95. The van der Waals surface area contributed by atoms with Gasteiger partial charge in [-0.2, -0.15) is 0 Å². The van der Waals surface area contributed by atoms with Gasteiger partial charge in [0.05, 0.1) is 0 Å². The Hall–Kier alpha value is -1.07. The van der Waals surface area contributed by atoms with Crippen LogP contribution in [0, 0.1) is 17.4 Å². The first-order valence-electron chi connectivity index (χ1n) is 5.81. The Kier molecular flexibility index (Phi) is 4.47. The van der Waals surface area contributed by atoms with Crippen LogP contribution in [-0.2, 0) is 0 Å². The van der Waals surface area contributed by atoms with Crippen LogP contribution in [0.3, 0.4) is 0 Å². The fourth-order valence-electron chi connectivity index (χ4n) is 1.70. The SMILES string of the molecule is Cc1ccc(C(=O)Nc2ccc(I)cc2C)cc1Cl. The number of benzene rings is 2. The molecule has 0 aliphatic rings. The van der Waals surface area contributed by atoms with Crippen molar-refractivity contribution in [3.05, 3.63) is 61.7 Å². The Labute approximate surface area is 131 Å². The Balaban J connectivity index is 2.23. The summed E-state index contributed by atoms with van der Waals surface area (Å²) in [5, 5.41) is 3.50. The van der Waals surface area contributed by atoms with E-state index in [2.05, 4.69) is 27.9 Å². The van der Waals surface area contributed by atoms with Gasteiger partial charge in [0.25, 0.3) is 5.91 Å². The number of anilines is 1. The molecule has 1 amide bonds. The highest BCUT2D eigenvalue weighted by Crippen LogP contribution is 2.20. The zero-order valence-electron chi connectivity index (χ0n) is 10.6. The normalized spacial score (nSPS) is 10.3. The molecule has 0 spiro atoms. The minimum absolute atomic E-state index is 0.147. The smallest absolute Gasteiger partial charge is 0.255 e. The summed E-state index contributed by atoms with van der Waals surface area (Å²) in [5.74, 6) is -0.147. The van der Waals surface area contributed by atoms with Gasteiger partial charge >= 0.3 is 0 Å². The molecule has 0 aliphatic heterocycles. The van der Waals surface area contributed by atoms with Gasteiger partial charge in [0.1, 0.15) is 0 Å². The van der Waals surface area contributed by atoms with Gasteiger partial charge in [-0.3, -0.25) is 4.79 Å². The molecule has 2 aromatic carbocycles. The van der Waals surface area contributed by atoms with Crippen LogP contribution in [0.15, 0.2) is 36.4 Å². The molecule has 0 atom stereocenters. The van der Waals surface area contributed by atoms with Crippen molar-refractivity contribution in [3.63, 3.8) is 0 Å². The molecule has 19 heavy (non-hydrogen) atoms. The van der Waals surface area contributed by atoms with Gasteiger partial charge in [0, 0.05) is 19.8 Å². The lowest BCUT2D eigenvalue weighted by molar-refractivity contribution is 0.102. The summed E-state index contributed by atoms with van der Waals surface area (Å²) >= 11 is 8.28. The molecule has 0 fully saturated rings. The van der Waals surface area contributed by atoms with E-state index < -0.39 is 0 Å². The van der Waals surface area contributed by atoms with Crippen LogP contribution in [-0.4, -0.2) is 5.91 Å². The summed E-state index contributed by atoms with van der Waals surface area (Å²) < 4.78 is 1.14. The Bertz CT molecular complexity index is 640. The Morgan fingerprint density at radius 3 is 2.47 bits per heavy atom. The van der Waals surface area contributed by atoms with E-state index in [4.69, 9.17) is 11.6 Å². The number of nitrogens with one attached hydrogen (secondary N) is 1. The summed E-state index contributed by atoms with van der Waals surface area (Å²) in [6, 6.07) is 11.2. The number of halogens is 2. The van der Waals surface area contributed by atoms with Crippen molar-refractivity contribution in [1.29, 1.82) is 0 Å².